The Labute approximate surface area is 129 Å². The zero-order valence-corrected chi connectivity index (χ0v) is 13.1. The second-order valence-electron chi connectivity index (χ2n) is 7.27. The van der Waals surface area contributed by atoms with E-state index in [2.05, 4.69) is 0 Å². The van der Waals surface area contributed by atoms with Crippen molar-refractivity contribution in [3.63, 3.8) is 0 Å². The number of piperidine rings is 1. The standard InChI is InChI=1S/C17H21NO4/c1-16(2,3)22-15(21)18-9-11-8-17(11,10-18)13-7-5-4-6-12(13)14(19)20/h4-7,11H,8-10H2,1-3H3,(H,19,20). The molecule has 1 N–H and O–H groups in total. The molecule has 1 amide bonds. The highest BCUT2D eigenvalue weighted by atomic mass is 16.6. The molecule has 5 nitrogen and oxygen atoms in total. The lowest BCUT2D eigenvalue weighted by Gasteiger charge is -2.26. The van der Waals surface area contributed by atoms with Gasteiger partial charge in [0.25, 0.3) is 0 Å². The van der Waals surface area contributed by atoms with Gasteiger partial charge in [-0.2, -0.15) is 0 Å². The summed E-state index contributed by atoms with van der Waals surface area (Å²) in [6, 6.07) is 7.11. The van der Waals surface area contributed by atoms with Crippen LogP contribution in [-0.4, -0.2) is 40.8 Å². The van der Waals surface area contributed by atoms with Crippen molar-refractivity contribution in [2.45, 2.75) is 38.2 Å². The fourth-order valence-electron chi connectivity index (χ4n) is 3.47. The fraction of sp³-hybridized carbons (Fsp3) is 0.529. The fourth-order valence-corrected chi connectivity index (χ4v) is 3.47. The number of carboxylic acid groups (broad SMARTS) is 1. The van der Waals surface area contributed by atoms with Crippen molar-refractivity contribution in [2.24, 2.45) is 5.92 Å². The number of rotatable bonds is 2. The van der Waals surface area contributed by atoms with Gasteiger partial charge in [-0.15, -0.1) is 0 Å². The summed E-state index contributed by atoms with van der Waals surface area (Å²) in [5.74, 6) is -0.577. The molecule has 1 heterocycles. The van der Waals surface area contributed by atoms with Crippen LogP contribution in [0.3, 0.4) is 0 Å². The average Bonchev–Trinajstić information content (AvgIpc) is 2.99. The molecule has 0 spiro atoms. The molecule has 1 saturated carbocycles. The number of fused-ring (bicyclic) bond motifs is 1. The van der Waals surface area contributed by atoms with Gasteiger partial charge in [0.1, 0.15) is 5.60 Å². The quantitative estimate of drug-likeness (QED) is 0.912. The van der Waals surface area contributed by atoms with Crippen LogP contribution in [0.1, 0.15) is 43.1 Å². The van der Waals surface area contributed by atoms with Crippen molar-refractivity contribution in [1.29, 1.82) is 0 Å². The lowest BCUT2D eigenvalue weighted by Crippen LogP contribution is -2.37. The molecule has 0 aromatic heterocycles. The minimum Gasteiger partial charge on any atom is -0.478 e. The molecule has 2 aliphatic rings. The highest BCUT2D eigenvalue weighted by Crippen LogP contribution is 2.59. The van der Waals surface area contributed by atoms with Crippen LogP contribution in [0.2, 0.25) is 0 Å². The number of ether oxygens (including phenoxy) is 1. The van der Waals surface area contributed by atoms with Crippen LogP contribution in [0, 0.1) is 5.92 Å². The Bertz CT molecular complexity index is 634. The van der Waals surface area contributed by atoms with Crippen LogP contribution in [0.15, 0.2) is 24.3 Å². The molecule has 1 aromatic rings. The number of nitrogens with zero attached hydrogens (tertiary/aromatic N) is 1. The van der Waals surface area contributed by atoms with Gasteiger partial charge < -0.3 is 14.7 Å². The van der Waals surface area contributed by atoms with E-state index >= 15 is 0 Å². The summed E-state index contributed by atoms with van der Waals surface area (Å²) in [5.41, 5.74) is 0.469. The SMILES string of the molecule is CC(C)(C)OC(=O)N1CC2CC2(c2ccccc2C(=O)O)C1. The summed E-state index contributed by atoms with van der Waals surface area (Å²) in [5, 5.41) is 9.38. The van der Waals surface area contributed by atoms with Gasteiger partial charge in [0, 0.05) is 18.5 Å². The Balaban J connectivity index is 1.81. The van der Waals surface area contributed by atoms with Crippen LogP contribution in [0.5, 0.6) is 0 Å². The van der Waals surface area contributed by atoms with Crippen LogP contribution < -0.4 is 0 Å². The molecule has 0 radical (unpaired) electrons. The summed E-state index contributed by atoms with van der Waals surface area (Å²) < 4.78 is 5.42. The molecule has 1 aliphatic heterocycles. The largest absolute Gasteiger partial charge is 0.478 e. The van der Waals surface area contributed by atoms with Crippen LogP contribution in [-0.2, 0) is 10.2 Å². The summed E-state index contributed by atoms with van der Waals surface area (Å²) in [7, 11) is 0. The molecule has 0 bridgehead atoms. The van der Waals surface area contributed by atoms with Gasteiger partial charge >= 0.3 is 12.1 Å². The number of hydrogen-bond acceptors (Lipinski definition) is 3. The van der Waals surface area contributed by atoms with E-state index < -0.39 is 11.6 Å². The van der Waals surface area contributed by atoms with Crippen molar-refractivity contribution in [2.75, 3.05) is 13.1 Å². The van der Waals surface area contributed by atoms with Crippen LogP contribution >= 0.6 is 0 Å². The summed E-state index contributed by atoms with van der Waals surface area (Å²) in [6.45, 7) is 6.71. The normalized spacial score (nSPS) is 26.5. The minimum absolute atomic E-state index is 0.202. The Morgan fingerprint density at radius 1 is 1.32 bits per heavy atom. The second-order valence-corrected chi connectivity index (χ2v) is 7.27. The Morgan fingerprint density at radius 3 is 2.64 bits per heavy atom. The van der Waals surface area contributed by atoms with Gasteiger partial charge in [-0.05, 0) is 44.7 Å². The van der Waals surface area contributed by atoms with Crippen molar-refractivity contribution in [3.8, 4) is 0 Å². The zero-order valence-electron chi connectivity index (χ0n) is 13.1. The third-order valence-electron chi connectivity index (χ3n) is 4.49. The maximum absolute atomic E-state index is 12.2. The molecule has 1 saturated heterocycles. The average molecular weight is 303 g/mol. The maximum atomic E-state index is 12.2. The number of likely N-dealkylation sites (tertiary alicyclic amines) is 1. The topological polar surface area (TPSA) is 66.8 Å². The molecule has 5 heteroatoms. The Kier molecular flexibility index (Phi) is 3.20. The van der Waals surface area contributed by atoms with Gasteiger partial charge in [0.2, 0.25) is 0 Å². The highest BCUT2D eigenvalue weighted by Gasteiger charge is 2.63. The first-order valence-corrected chi connectivity index (χ1v) is 7.54. The summed E-state index contributed by atoms with van der Waals surface area (Å²) in [6.07, 6.45) is 0.628. The van der Waals surface area contributed by atoms with Crippen molar-refractivity contribution >= 4 is 12.1 Å². The molecule has 2 unspecified atom stereocenters. The highest BCUT2D eigenvalue weighted by molar-refractivity contribution is 5.90. The number of benzene rings is 1. The third-order valence-corrected chi connectivity index (χ3v) is 4.49. The maximum Gasteiger partial charge on any atom is 0.410 e. The second kappa shape index (κ2) is 4.73. The van der Waals surface area contributed by atoms with E-state index in [0.717, 1.165) is 12.0 Å². The molecule has 2 fully saturated rings. The lowest BCUT2D eigenvalue weighted by atomic mass is 9.90. The van der Waals surface area contributed by atoms with Gasteiger partial charge in [-0.3, -0.25) is 0 Å². The predicted molar refractivity (Wildman–Crippen MR) is 81.0 cm³/mol. The monoisotopic (exact) mass is 303 g/mol. The molecule has 1 aliphatic carbocycles. The molecule has 1 aromatic carbocycles. The van der Waals surface area contributed by atoms with Gasteiger partial charge in [-0.25, -0.2) is 9.59 Å². The Morgan fingerprint density at radius 2 is 2.00 bits per heavy atom. The van der Waals surface area contributed by atoms with Crippen molar-refractivity contribution < 1.29 is 19.4 Å². The number of carbonyl (C=O) groups is 2. The van der Waals surface area contributed by atoms with E-state index in [1.54, 1.807) is 17.0 Å². The molecule has 3 rings (SSSR count). The predicted octanol–water partition coefficient (Wildman–Crippen LogP) is 2.89. The molecule has 2 atom stereocenters. The van der Waals surface area contributed by atoms with Crippen molar-refractivity contribution in [3.05, 3.63) is 35.4 Å². The number of hydrogen-bond donors (Lipinski definition) is 1. The number of carbonyl (C=O) groups excluding carboxylic acids is 1. The molecule has 118 valence electrons. The molecular formula is C17H21NO4. The van der Waals surface area contributed by atoms with E-state index in [-0.39, 0.29) is 11.5 Å². The molecule has 22 heavy (non-hydrogen) atoms. The molecular weight excluding hydrogens is 282 g/mol. The summed E-state index contributed by atoms with van der Waals surface area (Å²) >= 11 is 0. The van der Waals surface area contributed by atoms with E-state index in [0.29, 0.717) is 24.6 Å². The van der Waals surface area contributed by atoms with E-state index in [1.165, 1.54) is 0 Å². The first-order chi connectivity index (χ1) is 10.2. The summed E-state index contributed by atoms with van der Waals surface area (Å²) in [4.78, 5) is 25.4. The minimum atomic E-state index is -0.911. The number of aromatic carboxylic acids is 1. The van der Waals surface area contributed by atoms with E-state index in [9.17, 15) is 14.7 Å². The van der Waals surface area contributed by atoms with Crippen LogP contribution in [0.4, 0.5) is 4.79 Å². The van der Waals surface area contributed by atoms with E-state index in [1.807, 2.05) is 32.9 Å². The van der Waals surface area contributed by atoms with Gasteiger partial charge in [0.05, 0.1) is 5.56 Å². The third kappa shape index (κ3) is 2.45. The first kappa shape index (κ1) is 14.9. The van der Waals surface area contributed by atoms with Gasteiger partial charge in [0.15, 0.2) is 0 Å². The van der Waals surface area contributed by atoms with E-state index in [4.69, 9.17) is 4.74 Å². The van der Waals surface area contributed by atoms with Crippen LogP contribution in [0.25, 0.3) is 0 Å². The zero-order chi connectivity index (χ0) is 16.1. The number of amides is 1. The number of carboxylic acids is 1. The smallest absolute Gasteiger partial charge is 0.410 e. The van der Waals surface area contributed by atoms with Gasteiger partial charge in [-0.1, -0.05) is 18.2 Å². The lowest BCUT2D eigenvalue weighted by molar-refractivity contribution is 0.0270. The first-order valence-electron chi connectivity index (χ1n) is 7.54. The Hall–Kier alpha value is -2.04. The van der Waals surface area contributed by atoms with Crippen molar-refractivity contribution in [1.82, 2.24) is 4.90 Å².